The van der Waals surface area contributed by atoms with Gasteiger partial charge in [0, 0.05) is 36.2 Å². The van der Waals surface area contributed by atoms with Gasteiger partial charge in [0.1, 0.15) is 0 Å². The summed E-state index contributed by atoms with van der Waals surface area (Å²) in [6.07, 6.45) is 0. The van der Waals surface area contributed by atoms with E-state index < -0.39 is 0 Å². The normalized spacial score (nSPS) is 19.7. The van der Waals surface area contributed by atoms with Gasteiger partial charge in [-0.2, -0.15) is 0 Å². The lowest BCUT2D eigenvalue weighted by atomic mass is 9.99. The molecule has 1 aromatic rings. The van der Waals surface area contributed by atoms with Gasteiger partial charge in [-0.25, -0.2) is 0 Å². The number of rotatable bonds is 3. The number of nitrogens with zero attached hydrogens (tertiary/aromatic N) is 2. The van der Waals surface area contributed by atoms with Gasteiger partial charge in [-0.15, -0.1) is 0 Å². The van der Waals surface area contributed by atoms with Crippen LogP contribution in [0.5, 0.6) is 0 Å². The fourth-order valence-corrected chi connectivity index (χ4v) is 3.24. The van der Waals surface area contributed by atoms with Crippen molar-refractivity contribution in [2.45, 2.75) is 25.9 Å². The van der Waals surface area contributed by atoms with Gasteiger partial charge >= 0.3 is 0 Å². The highest BCUT2D eigenvalue weighted by Gasteiger charge is 2.31. The summed E-state index contributed by atoms with van der Waals surface area (Å²) < 4.78 is 1.20. The van der Waals surface area contributed by atoms with Crippen LogP contribution in [-0.4, -0.2) is 44.2 Å². The van der Waals surface area contributed by atoms with Crippen molar-refractivity contribution in [3.05, 3.63) is 28.2 Å². The molecule has 1 aliphatic rings. The van der Waals surface area contributed by atoms with Crippen LogP contribution in [0.1, 0.15) is 19.4 Å². The van der Waals surface area contributed by atoms with E-state index in [-0.39, 0.29) is 5.54 Å². The Labute approximate surface area is 125 Å². The second-order valence-electron chi connectivity index (χ2n) is 5.97. The summed E-state index contributed by atoms with van der Waals surface area (Å²) in [5.74, 6) is 0. The summed E-state index contributed by atoms with van der Waals surface area (Å²) in [6.45, 7) is 8.78. The molecule has 1 N–H and O–H groups in total. The van der Waals surface area contributed by atoms with E-state index in [0.29, 0.717) is 0 Å². The van der Waals surface area contributed by atoms with Gasteiger partial charge in [-0.3, -0.25) is 4.90 Å². The quantitative estimate of drug-likeness (QED) is 0.921. The molecule has 106 valence electrons. The third-order valence-corrected chi connectivity index (χ3v) is 4.69. The highest BCUT2D eigenvalue weighted by atomic mass is 79.9. The zero-order valence-electron chi connectivity index (χ0n) is 12.3. The Kier molecular flexibility index (Phi) is 4.54. The lowest BCUT2D eigenvalue weighted by Crippen LogP contribution is -2.57. The van der Waals surface area contributed by atoms with Gasteiger partial charge in [0.15, 0.2) is 0 Å². The lowest BCUT2D eigenvalue weighted by Gasteiger charge is -2.46. The fraction of sp³-hybridized carbons (Fsp3) is 0.600. The van der Waals surface area contributed by atoms with Gasteiger partial charge in [0.2, 0.25) is 0 Å². The minimum Gasteiger partial charge on any atom is -0.368 e. The summed E-state index contributed by atoms with van der Waals surface area (Å²) in [6, 6.07) is 6.66. The molecule has 2 rings (SSSR count). The zero-order valence-corrected chi connectivity index (χ0v) is 13.9. The maximum Gasteiger partial charge on any atom is 0.0511 e. The molecule has 1 saturated heterocycles. The molecular weight excluding hydrogens is 302 g/mol. The SMILES string of the molecule is CNCc1ccc(N2CCN(C)C(C)(C)C2)c(Br)c1. The predicted molar refractivity (Wildman–Crippen MR) is 85.8 cm³/mol. The van der Waals surface area contributed by atoms with Crippen LogP contribution in [0.15, 0.2) is 22.7 Å². The summed E-state index contributed by atoms with van der Waals surface area (Å²) in [5, 5.41) is 3.19. The molecule has 0 saturated carbocycles. The van der Waals surface area contributed by atoms with Crippen LogP contribution in [0.4, 0.5) is 5.69 Å². The van der Waals surface area contributed by atoms with Gasteiger partial charge < -0.3 is 10.2 Å². The van der Waals surface area contributed by atoms with Gasteiger partial charge in [0.25, 0.3) is 0 Å². The van der Waals surface area contributed by atoms with Crippen LogP contribution in [0.25, 0.3) is 0 Å². The third kappa shape index (κ3) is 3.30. The van der Waals surface area contributed by atoms with Crippen molar-refractivity contribution in [2.24, 2.45) is 0 Å². The molecule has 1 heterocycles. The first-order valence-corrected chi connectivity index (χ1v) is 7.62. The molecule has 0 spiro atoms. The van der Waals surface area contributed by atoms with E-state index in [2.05, 4.69) is 70.1 Å². The topological polar surface area (TPSA) is 18.5 Å². The number of hydrogen-bond acceptors (Lipinski definition) is 3. The summed E-state index contributed by atoms with van der Waals surface area (Å²) in [5.41, 5.74) is 2.84. The smallest absolute Gasteiger partial charge is 0.0511 e. The predicted octanol–water partition coefficient (Wildman–Crippen LogP) is 2.70. The number of halogens is 1. The van der Waals surface area contributed by atoms with Crippen LogP contribution in [0, 0.1) is 0 Å². The molecule has 0 amide bonds. The minimum atomic E-state index is 0.224. The number of nitrogens with one attached hydrogen (secondary N) is 1. The Morgan fingerprint density at radius 2 is 2.05 bits per heavy atom. The van der Waals surface area contributed by atoms with E-state index in [9.17, 15) is 0 Å². The van der Waals surface area contributed by atoms with Crippen LogP contribution >= 0.6 is 15.9 Å². The van der Waals surface area contributed by atoms with E-state index >= 15 is 0 Å². The molecule has 1 aromatic carbocycles. The van der Waals surface area contributed by atoms with E-state index in [1.54, 1.807) is 0 Å². The van der Waals surface area contributed by atoms with Crippen LogP contribution in [-0.2, 0) is 6.54 Å². The largest absolute Gasteiger partial charge is 0.368 e. The van der Waals surface area contributed by atoms with Crippen LogP contribution < -0.4 is 10.2 Å². The van der Waals surface area contributed by atoms with Crippen LogP contribution in [0.2, 0.25) is 0 Å². The average Bonchev–Trinajstić information content (AvgIpc) is 2.33. The van der Waals surface area contributed by atoms with Crippen molar-refractivity contribution in [3.8, 4) is 0 Å². The molecule has 0 radical (unpaired) electrons. The Bertz CT molecular complexity index is 445. The molecule has 0 aliphatic carbocycles. The zero-order chi connectivity index (χ0) is 14.0. The molecule has 4 heteroatoms. The number of hydrogen-bond donors (Lipinski definition) is 1. The van der Waals surface area contributed by atoms with Gasteiger partial charge in [0.05, 0.1) is 5.69 Å². The number of anilines is 1. The van der Waals surface area contributed by atoms with Crippen molar-refractivity contribution in [1.82, 2.24) is 10.2 Å². The van der Waals surface area contributed by atoms with Crippen molar-refractivity contribution < 1.29 is 0 Å². The Hall–Kier alpha value is -0.580. The van der Waals surface area contributed by atoms with Crippen molar-refractivity contribution >= 4 is 21.6 Å². The lowest BCUT2D eigenvalue weighted by molar-refractivity contribution is 0.139. The summed E-state index contributed by atoms with van der Waals surface area (Å²) >= 11 is 3.72. The van der Waals surface area contributed by atoms with Gasteiger partial charge in [-0.1, -0.05) is 6.07 Å². The van der Waals surface area contributed by atoms with E-state index in [1.165, 1.54) is 15.7 Å². The first-order valence-electron chi connectivity index (χ1n) is 6.83. The molecular formula is C15H24BrN3. The molecule has 0 unspecified atom stereocenters. The Morgan fingerprint density at radius 1 is 1.32 bits per heavy atom. The van der Waals surface area contributed by atoms with Crippen LogP contribution in [0.3, 0.4) is 0 Å². The maximum atomic E-state index is 3.72. The number of benzene rings is 1. The monoisotopic (exact) mass is 325 g/mol. The minimum absolute atomic E-state index is 0.224. The molecule has 1 fully saturated rings. The molecule has 0 bridgehead atoms. The third-order valence-electron chi connectivity index (χ3n) is 4.05. The number of piperazine rings is 1. The van der Waals surface area contributed by atoms with Crippen molar-refractivity contribution in [2.75, 3.05) is 38.6 Å². The second kappa shape index (κ2) is 5.81. The summed E-state index contributed by atoms with van der Waals surface area (Å²) in [4.78, 5) is 4.92. The molecule has 19 heavy (non-hydrogen) atoms. The highest BCUT2D eigenvalue weighted by molar-refractivity contribution is 9.10. The summed E-state index contributed by atoms with van der Waals surface area (Å²) in [7, 11) is 4.19. The number of likely N-dealkylation sites (N-methyl/N-ethyl adjacent to an activating group) is 1. The van der Waals surface area contributed by atoms with Gasteiger partial charge in [-0.05, 0) is 61.6 Å². The molecule has 3 nitrogen and oxygen atoms in total. The second-order valence-corrected chi connectivity index (χ2v) is 6.83. The van der Waals surface area contributed by atoms with Crippen molar-refractivity contribution in [1.29, 1.82) is 0 Å². The standard InChI is InChI=1S/C15H24BrN3/c1-15(2)11-19(8-7-18(15)4)14-6-5-12(10-17-3)9-13(14)16/h5-6,9,17H,7-8,10-11H2,1-4H3. The molecule has 0 aromatic heterocycles. The Morgan fingerprint density at radius 3 is 2.63 bits per heavy atom. The average molecular weight is 326 g/mol. The van der Waals surface area contributed by atoms with E-state index in [4.69, 9.17) is 0 Å². The molecule has 1 aliphatic heterocycles. The molecule has 0 atom stereocenters. The van der Waals surface area contributed by atoms with E-state index in [1.807, 2.05) is 7.05 Å². The van der Waals surface area contributed by atoms with Crippen molar-refractivity contribution in [3.63, 3.8) is 0 Å². The van der Waals surface area contributed by atoms with E-state index in [0.717, 1.165) is 26.2 Å². The fourth-order valence-electron chi connectivity index (χ4n) is 2.57. The first kappa shape index (κ1) is 14.8. The highest BCUT2D eigenvalue weighted by Crippen LogP contribution is 2.31. The Balaban J connectivity index is 2.18. The maximum absolute atomic E-state index is 3.72. The first-order chi connectivity index (χ1) is 8.94.